The Morgan fingerprint density at radius 1 is 1.56 bits per heavy atom. The van der Waals surface area contributed by atoms with Gasteiger partial charge in [-0.15, -0.1) is 0 Å². The summed E-state index contributed by atoms with van der Waals surface area (Å²) < 4.78 is 2.46. The highest BCUT2D eigenvalue weighted by Gasteiger charge is 2.26. The van der Waals surface area contributed by atoms with Crippen LogP contribution in [-0.2, 0) is 7.05 Å². The lowest BCUT2D eigenvalue weighted by Gasteiger charge is -2.29. The summed E-state index contributed by atoms with van der Waals surface area (Å²) in [6, 6.07) is 0. The number of carboxylic acid groups (broad SMARTS) is 1. The van der Waals surface area contributed by atoms with Gasteiger partial charge >= 0.3 is 6.09 Å². The average Bonchev–Trinajstić information content (AvgIpc) is 2.60. The predicted octanol–water partition coefficient (Wildman–Crippen LogP) is 1.34. The minimum atomic E-state index is -0.839. The zero-order valence-electron chi connectivity index (χ0n) is 9.01. The first kappa shape index (κ1) is 11.1. The van der Waals surface area contributed by atoms with Gasteiger partial charge in [0.1, 0.15) is 5.82 Å². The molecule has 7 heteroatoms. The first-order valence-electron chi connectivity index (χ1n) is 5.18. The fraction of sp³-hybridized carbons (Fsp3) is 0.667. The summed E-state index contributed by atoms with van der Waals surface area (Å²) >= 11 is 5.05. The average molecular weight is 242 g/mol. The number of aromatic amines is 1. The lowest BCUT2D eigenvalue weighted by atomic mass is 9.96. The number of H-pyrrole nitrogens is 1. The summed E-state index contributed by atoms with van der Waals surface area (Å²) in [5.41, 5.74) is 0. The van der Waals surface area contributed by atoms with Crippen LogP contribution in [0.1, 0.15) is 24.6 Å². The molecule has 1 aliphatic rings. The van der Waals surface area contributed by atoms with Gasteiger partial charge in [-0.2, -0.15) is 5.10 Å². The van der Waals surface area contributed by atoms with Crippen molar-refractivity contribution >= 4 is 18.3 Å². The van der Waals surface area contributed by atoms with Crippen LogP contribution in [0.25, 0.3) is 0 Å². The molecule has 1 aromatic heterocycles. The standard InChI is InChI=1S/C9H14N4O2S/c1-12-7(10-11-8(12)16)6-2-4-13(5-3-6)9(14)15/h6H,2-5H2,1H3,(H,11,16)(H,14,15). The summed E-state index contributed by atoms with van der Waals surface area (Å²) in [5.74, 6) is 1.23. The number of aromatic nitrogens is 3. The van der Waals surface area contributed by atoms with E-state index in [0.29, 0.717) is 23.8 Å². The monoisotopic (exact) mass is 242 g/mol. The molecule has 0 atom stereocenters. The second-order valence-electron chi connectivity index (χ2n) is 3.99. The topological polar surface area (TPSA) is 74.2 Å². The Hall–Kier alpha value is -1.37. The lowest BCUT2D eigenvalue weighted by Crippen LogP contribution is -2.37. The van der Waals surface area contributed by atoms with Gasteiger partial charge in [0.05, 0.1) is 0 Å². The molecule has 0 spiro atoms. The number of hydrogen-bond donors (Lipinski definition) is 2. The summed E-state index contributed by atoms with van der Waals surface area (Å²) in [4.78, 5) is 12.2. The van der Waals surface area contributed by atoms with Gasteiger partial charge in [0.15, 0.2) is 4.77 Å². The molecule has 1 fully saturated rings. The van der Waals surface area contributed by atoms with E-state index in [4.69, 9.17) is 17.3 Å². The van der Waals surface area contributed by atoms with E-state index < -0.39 is 6.09 Å². The molecule has 1 saturated heterocycles. The van der Waals surface area contributed by atoms with Gasteiger partial charge in [0, 0.05) is 26.1 Å². The van der Waals surface area contributed by atoms with Crippen molar-refractivity contribution in [1.82, 2.24) is 19.7 Å². The highest BCUT2D eigenvalue weighted by atomic mass is 32.1. The summed E-state index contributed by atoms with van der Waals surface area (Å²) in [5, 5.41) is 15.8. The minimum absolute atomic E-state index is 0.300. The maximum absolute atomic E-state index is 10.8. The first-order valence-corrected chi connectivity index (χ1v) is 5.59. The van der Waals surface area contributed by atoms with Gasteiger partial charge in [0.25, 0.3) is 0 Å². The van der Waals surface area contributed by atoms with Crippen LogP contribution in [0, 0.1) is 4.77 Å². The normalized spacial score (nSPS) is 17.7. The largest absolute Gasteiger partial charge is 0.465 e. The maximum atomic E-state index is 10.8. The van der Waals surface area contributed by atoms with Crippen molar-refractivity contribution in [3.05, 3.63) is 10.6 Å². The Morgan fingerprint density at radius 2 is 2.19 bits per heavy atom. The number of nitrogens with zero attached hydrogens (tertiary/aromatic N) is 3. The van der Waals surface area contributed by atoms with E-state index in [1.165, 1.54) is 4.90 Å². The van der Waals surface area contributed by atoms with Crippen LogP contribution in [0.4, 0.5) is 4.79 Å². The number of nitrogens with one attached hydrogen (secondary N) is 1. The number of hydrogen-bond acceptors (Lipinski definition) is 3. The van der Waals surface area contributed by atoms with Crippen molar-refractivity contribution in [2.75, 3.05) is 13.1 Å². The first-order chi connectivity index (χ1) is 7.59. The summed E-state index contributed by atoms with van der Waals surface area (Å²) in [6.45, 7) is 1.14. The van der Waals surface area contributed by atoms with Gasteiger partial charge in [0.2, 0.25) is 0 Å². The molecule has 88 valence electrons. The Bertz CT molecular complexity index is 445. The Labute approximate surface area is 97.9 Å². The van der Waals surface area contributed by atoms with Crippen molar-refractivity contribution in [3.63, 3.8) is 0 Å². The number of carbonyl (C=O) groups is 1. The van der Waals surface area contributed by atoms with Crippen LogP contribution < -0.4 is 0 Å². The van der Waals surface area contributed by atoms with Crippen molar-refractivity contribution in [2.24, 2.45) is 7.05 Å². The van der Waals surface area contributed by atoms with E-state index in [1.54, 1.807) is 0 Å². The molecular weight excluding hydrogens is 228 g/mol. The molecule has 0 saturated carbocycles. The van der Waals surface area contributed by atoms with Crippen LogP contribution >= 0.6 is 12.2 Å². The Balaban J connectivity index is 2.07. The highest BCUT2D eigenvalue weighted by molar-refractivity contribution is 7.71. The van der Waals surface area contributed by atoms with E-state index in [0.717, 1.165) is 18.7 Å². The minimum Gasteiger partial charge on any atom is -0.465 e. The van der Waals surface area contributed by atoms with Gasteiger partial charge < -0.3 is 14.6 Å². The summed E-state index contributed by atoms with van der Waals surface area (Å²) in [6.07, 6.45) is 0.772. The quantitative estimate of drug-likeness (QED) is 0.729. The van der Waals surface area contributed by atoms with Crippen molar-refractivity contribution < 1.29 is 9.90 Å². The zero-order chi connectivity index (χ0) is 11.7. The van der Waals surface area contributed by atoms with Crippen molar-refractivity contribution in [3.8, 4) is 0 Å². The third-order valence-corrected chi connectivity index (χ3v) is 3.41. The number of piperidine rings is 1. The van der Waals surface area contributed by atoms with E-state index in [1.807, 2.05) is 11.6 Å². The Morgan fingerprint density at radius 3 is 2.62 bits per heavy atom. The maximum Gasteiger partial charge on any atom is 0.407 e. The molecule has 0 bridgehead atoms. The molecular formula is C9H14N4O2S. The van der Waals surface area contributed by atoms with Gasteiger partial charge in [-0.05, 0) is 25.1 Å². The van der Waals surface area contributed by atoms with E-state index in [2.05, 4.69) is 10.2 Å². The SMILES string of the molecule is Cn1c(C2CCN(C(=O)O)CC2)n[nH]c1=S. The second-order valence-corrected chi connectivity index (χ2v) is 4.38. The molecule has 6 nitrogen and oxygen atoms in total. The van der Waals surface area contributed by atoms with Crippen LogP contribution in [-0.4, -0.2) is 44.0 Å². The number of likely N-dealkylation sites (tertiary alicyclic amines) is 1. The number of amides is 1. The molecule has 0 unspecified atom stereocenters. The van der Waals surface area contributed by atoms with Gasteiger partial charge in [-0.3, -0.25) is 5.10 Å². The second kappa shape index (κ2) is 4.25. The van der Waals surface area contributed by atoms with E-state index >= 15 is 0 Å². The molecule has 1 amide bonds. The molecule has 0 aliphatic carbocycles. The summed E-state index contributed by atoms with van der Waals surface area (Å²) in [7, 11) is 1.88. The molecule has 1 aliphatic heterocycles. The molecule has 1 aromatic rings. The molecule has 2 N–H and O–H groups in total. The van der Waals surface area contributed by atoms with Crippen LogP contribution in [0.2, 0.25) is 0 Å². The van der Waals surface area contributed by atoms with Crippen LogP contribution in [0.3, 0.4) is 0 Å². The Kier molecular flexibility index (Phi) is 2.95. The molecule has 2 heterocycles. The fourth-order valence-electron chi connectivity index (χ4n) is 2.05. The molecule has 0 radical (unpaired) electrons. The highest BCUT2D eigenvalue weighted by Crippen LogP contribution is 2.26. The molecule has 16 heavy (non-hydrogen) atoms. The van der Waals surface area contributed by atoms with Gasteiger partial charge in [-0.1, -0.05) is 0 Å². The van der Waals surface area contributed by atoms with Gasteiger partial charge in [-0.25, -0.2) is 4.79 Å². The third kappa shape index (κ3) is 1.95. The van der Waals surface area contributed by atoms with Crippen LogP contribution in [0.5, 0.6) is 0 Å². The van der Waals surface area contributed by atoms with E-state index in [-0.39, 0.29) is 0 Å². The third-order valence-electron chi connectivity index (χ3n) is 3.05. The lowest BCUT2D eigenvalue weighted by molar-refractivity contribution is 0.131. The fourth-order valence-corrected chi connectivity index (χ4v) is 2.19. The van der Waals surface area contributed by atoms with Crippen molar-refractivity contribution in [2.45, 2.75) is 18.8 Å². The molecule has 0 aromatic carbocycles. The predicted molar refractivity (Wildman–Crippen MR) is 60.0 cm³/mol. The van der Waals surface area contributed by atoms with Crippen LogP contribution in [0.15, 0.2) is 0 Å². The van der Waals surface area contributed by atoms with E-state index in [9.17, 15) is 4.79 Å². The van der Waals surface area contributed by atoms with Crippen molar-refractivity contribution in [1.29, 1.82) is 0 Å². The smallest absolute Gasteiger partial charge is 0.407 e. The molecule has 2 rings (SSSR count). The number of rotatable bonds is 1. The zero-order valence-corrected chi connectivity index (χ0v) is 9.83.